The number of amides is 1. The fraction of sp³-hybridized carbons (Fsp3) is 0.500. The van der Waals surface area contributed by atoms with Crippen LogP contribution < -0.4 is 5.14 Å². The summed E-state index contributed by atoms with van der Waals surface area (Å²) in [5.41, 5.74) is -0.428. The quantitative estimate of drug-likeness (QED) is 0.904. The molecule has 7 heteroatoms. The highest BCUT2D eigenvalue weighted by molar-refractivity contribution is 7.89. The van der Waals surface area contributed by atoms with Crippen molar-refractivity contribution < 1.29 is 17.6 Å². The number of nitrogens with two attached hydrogens (primary N) is 1. The fourth-order valence-electron chi connectivity index (χ4n) is 2.75. The number of halogens is 1. The lowest BCUT2D eigenvalue weighted by Crippen LogP contribution is -2.43. The molecule has 0 spiro atoms. The van der Waals surface area contributed by atoms with Gasteiger partial charge in [-0.3, -0.25) is 4.79 Å². The van der Waals surface area contributed by atoms with Gasteiger partial charge in [0, 0.05) is 12.1 Å². The normalized spacial score (nSPS) is 18.0. The average molecular weight is 314 g/mol. The van der Waals surface area contributed by atoms with E-state index in [9.17, 15) is 17.6 Å². The number of carbonyl (C=O) groups excluding carboxylic acids is 1. The lowest BCUT2D eigenvalue weighted by atomic mass is 10.0. The maximum Gasteiger partial charge on any atom is 0.257 e. The molecule has 21 heavy (non-hydrogen) atoms. The molecule has 1 saturated heterocycles. The zero-order valence-corrected chi connectivity index (χ0v) is 13.1. The molecular formula is C14H19FN2O3S. The first-order chi connectivity index (χ1) is 9.54. The Kier molecular flexibility index (Phi) is 3.84. The van der Waals surface area contributed by atoms with E-state index in [0.717, 1.165) is 25.0 Å². The zero-order chi connectivity index (χ0) is 16.0. The molecule has 116 valence electrons. The summed E-state index contributed by atoms with van der Waals surface area (Å²) in [6.45, 7) is 5.79. The van der Waals surface area contributed by atoms with E-state index in [2.05, 4.69) is 0 Å². The number of likely N-dealkylation sites (tertiary alicyclic amines) is 1. The largest absolute Gasteiger partial charge is 0.333 e. The van der Waals surface area contributed by atoms with Gasteiger partial charge in [-0.05, 0) is 51.3 Å². The van der Waals surface area contributed by atoms with E-state index < -0.39 is 21.7 Å². The average Bonchev–Trinajstić information content (AvgIpc) is 2.66. The minimum Gasteiger partial charge on any atom is -0.333 e. The number of rotatable bonds is 2. The van der Waals surface area contributed by atoms with Crippen molar-refractivity contribution in [1.82, 2.24) is 4.90 Å². The molecule has 0 atom stereocenters. The lowest BCUT2D eigenvalue weighted by molar-refractivity contribution is 0.0647. The van der Waals surface area contributed by atoms with Crippen LogP contribution in [-0.4, -0.2) is 31.3 Å². The molecule has 2 rings (SSSR count). The molecule has 0 radical (unpaired) electrons. The molecule has 1 aromatic carbocycles. The number of benzene rings is 1. The van der Waals surface area contributed by atoms with E-state index >= 15 is 0 Å². The van der Waals surface area contributed by atoms with Gasteiger partial charge < -0.3 is 4.90 Å². The van der Waals surface area contributed by atoms with Crippen molar-refractivity contribution in [3.63, 3.8) is 0 Å². The summed E-state index contributed by atoms with van der Waals surface area (Å²) in [4.78, 5) is 13.9. The van der Waals surface area contributed by atoms with Crippen LogP contribution in [0.2, 0.25) is 0 Å². The van der Waals surface area contributed by atoms with Crippen LogP contribution in [-0.2, 0) is 10.0 Å². The number of hydrogen-bond acceptors (Lipinski definition) is 3. The second-order valence-corrected chi connectivity index (χ2v) is 7.55. The Bertz CT molecular complexity index is 698. The number of hydrogen-bond donors (Lipinski definition) is 1. The molecule has 0 bridgehead atoms. The number of primary sulfonamides is 1. The smallest absolute Gasteiger partial charge is 0.257 e. The second kappa shape index (κ2) is 5.06. The minimum absolute atomic E-state index is 0.187. The molecule has 1 aromatic rings. The second-order valence-electron chi connectivity index (χ2n) is 6.02. The van der Waals surface area contributed by atoms with Crippen molar-refractivity contribution in [2.45, 2.75) is 44.0 Å². The molecule has 1 aliphatic rings. The molecule has 1 fully saturated rings. The van der Waals surface area contributed by atoms with Crippen LogP contribution in [0.4, 0.5) is 4.39 Å². The third-order valence-corrected chi connectivity index (χ3v) is 5.00. The summed E-state index contributed by atoms with van der Waals surface area (Å²) in [5.74, 6) is -1.23. The van der Waals surface area contributed by atoms with Gasteiger partial charge in [-0.2, -0.15) is 0 Å². The van der Waals surface area contributed by atoms with Gasteiger partial charge in [0.25, 0.3) is 5.91 Å². The van der Waals surface area contributed by atoms with Gasteiger partial charge in [-0.25, -0.2) is 17.9 Å². The predicted octanol–water partition coefficient (Wildman–Crippen LogP) is 1.80. The first kappa shape index (κ1) is 15.9. The highest BCUT2D eigenvalue weighted by Crippen LogP contribution is 2.31. The van der Waals surface area contributed by atoms with Crippen molar-refractivity contribution in [1.29, 1.82) is 0 Å². The Hall–Kier alpha value is -1.47. The van der Waals surface area contributed by atoms with E-state index in [1.165, 1.54) is 6.92 Å². The number of sulfonamides is 1. The van der Waals surface area contributed by atoms with Gasteiger partial charge in [-0.15, -0.1) is 0 Å². The van der Waals surface area contributed by atoms with Crippen LogP contribution in [0.5, 0.6) is 0 Å². The Morgan fingerprint density at radius 1 is 1.38 bits per heavy atom. The van der Waals surface area contributed by atoms with Gasteiger partial charge in [0.2, 0.25) is 10.0 Å². The molecule has 0 aliphatic carbocycles. The highest BCUT2D eigenvalue weighted by atomic mass is 32.2. The van der Waals surface area contributed by atoms with Crippen molar-refractivity contribution in [3.8, 4) is 0 Å². The van der Waals surface area contributed by atoms with E-state index in [0.29, 0.717) is 6.54 Å². The summed E-state index contributed by atoms with van der Waals surface area (Å²) in [6, 6.07) is 2.08. The third-order valence-electron chi connectivity index (χ3n) is 3.95. The van der Waals surface area contributed by atoms with Crippen LogP contribution in [0.15, 0.2) is 17.0 Å². The monoisotopic (exact) mass is 314 g/mol. The van der Waals surface area contributed by atoms with Crippen LogP contribution in [0.25, 0.3) is 0 Å². The molecule has 1 amide bonds. The number of aryl methyl sites for hydroxylation is 1. The number of carbonyl (C=O) groups is 1. The SMILES string of the molecule is Cc1cc(F)c(C(=O)N2CCCC2(C)C)cc1S(N)(=O)=O. The summed E-state index contributed by atoms with van der Waals surface area (Å²) in [7, 11) is -4.00. The van der Waals surface area contributed by atoms with Gasteiger partial charge >= 0.3 is 0 Å². The summed E-state index contributed by atoms with van der Waals surface area (Å²) in [6.07, 6.45) is 1.67. The van der Waals surface area contributed by atoms with Gasteiger partial charge in [0.1, 0.15) is 5.82 Å². The van der Waals surface area contributed by atoms with Gasteiger partial charge in [0.15, 0.2) is 0 Å². The summed E-state index contributed by atoms with van der Waals surface area (Å²) in [5, 5.41) is 5.11. The van der Waals surface area contributed by atoms with Crippen LogP contribution >= 0.6 is 0 Å². The molecule has 1 heterocycles. The maximum absolute atomic E-state index is 14.1. The van der Waals surface area contributed by atoms with Crippen molar-refractivity contribution in [3.05, 3.63) is 29.1 Å². The first-order valence-corrected chi connectivity index (χ1v) is 8.23. The third kappa shape index (κ3) is 2.94. The number of nitrogens with zero attached hydrogens (tertiary/aromatic N) is 1. The Morgan fingerprint density at radius 2 is 2.00 bits per heavy atom. The summed E-state index contributed by atoms with van der Waals surface area (Å²) < 4.78 is 37.1. The predicted molar refractivity (Wildman–Crippen MR) is 76.9 cm³/mol. The summed E-state index contributed by atoms with van der Waals surface area (Å²) >= 11 is 0. The van der Waals surface area contributed by atoms with Gasteiger partial charge in [0.05, 0.1) is 10.5 Å². The van der Waals surface area contributed by atoms with Crippen LogP contribution in [0, 0.1) is 12.7 Å². The zero-order valence-electron chi connectivity index (χ0n) is 12.3. The van der Waals surface area contributed by atoms with Gasteiger partial charge in [-0.1, -0.05) is 0 Å². The van der Waals surface area contributed by atoms with E-state index in [-0.39, 0.29) is 21.6 Å². The van der Waals surface area contributed by atoms with Crippen LogP contribution in [0.1, 0.15) is 42.6 Å². The topological polar surface area (TPSA) is 80.5 Å². The van der Waals surface area contributed by atoms with E-state index in [4.69, 9.17) is 5.14 Å². The fourth-order valence-corrected chi connectivity index (χ4v) is 3.54. The molecule has 1 aliphatic heterocycles. The van der Waals surface area contributed by atoms with Crippen molar-refractivity contribution in [2.75, 3.05) is 6.54 Å². The molecule has 0 unspecified atom stereocenters. The first-order valence-electron chi connectivity index (χ1n) is 6.69. The lowest BCUT2D eigenvalue weighted by Gasteiger charge is -2.31. The van der Waals surface area contributed by atoms with E-state index in [1.54, 1.807) is 4.90 Å². The Morgan fingerprint density at radius 3 is 2.48 bits per heavy atom. The highest BCUT2D eigenvalue weighted by Gasteiger charge is 2.37. The molecular weight excluding hydrogens is 295 g/mol. The molecule has 0 saturated carbocycles. The Balaban J connectivity index is 2.52. The molecule has 0 aromatic heterocycles. The van der Waals surface area contributed by atoms with E-state index in [1.807, 2.05) is 13.8 Å². The van der Waals surface area contributed by atoms with Crippen LogP contribution in [0.3, 0.4) is 0 Å². The molecule has 2 N–H and O–H groups in total. The van der Waals surface area contributed by atoms with Crippen molar-refractivity contribution >= 4 is 15.9 Å². The maximum atomic E-state index is 14.1. The van der Waals surface area contributed by atoms with Crippen molar-refractivity contribution in [2.24, 2.45) is 5.14 Å². The standard InChI is InChI=1S/C14H19FN2O3S/c1-9-7-11(15)10(8-12(9)21(16,19)20)13(18)17-6-4-5-14(17,2)3/h7-8H,4-6H2,1-3H3,(H2,16,19,20). The molecule has 5 nitrogen and oxygen atoms in total. The Labute approximate surface area is 124 Å². The minimum atomic E-state index is -4.00.